The second kappa shape index (κ2) is 14.3. The first kappa shape index (κ1) is 30.2. The van der Waals surface area contributed by atoms with Crippen LogP contribution in [0, 0.1) is 0 Å². The van der Waals surface area contributed by atoms with Crippen molar-refractivity contribution in [3.63, 3.8) is 0 Å². The van der Waals surface area contributed by atoms with Crippen LogP contribution < -0.4 is 9.47 Å². The summed E-state index contributed by atoms with van der Waals surface area (Å²) in [5.74, 6) is 1.07. The summed E-state index contributed by atoms with van der Waals surface area (Å²) in [5.41, 5.74) is 1.18. The molecule has 2 atom stereocenters. The lowest BCUT2D eigenvalue weighted by molar-refractivity contribution is -0.153. The third-order valence-electron chi connectivity index (χ3n) is 8.64. The zero-order valence-electron chi connectivity index (χ0n) is 25.5. The van der Waals surface area contributed by atoms with Crippen molar-refractivity contribution in [2.45, 2.75) is 129 Å². The van der Waals surface area contributed by atoms with E-state index in [0.717, 1.165) is 90.8 Å². The van der Waals surface area contributed by atoms with Gasteiger partial charge in [0.15, 0.2) is 0 Å². The standard InChI is InChI=1S/C36H46O6/c1-4-26-19-20-31-32(23-26)36(40-25(3)22-34(38)42-28-15-9-6-10-16-28)30-18-12-11-17-29(30)35(31)39-24(2)21-33(37)41-27-13-7-5-8-14-27/h11-12,17-20,23-25,27-28H,4-10,13-16,21-22H2,1-3H3. The van der Waals surface area contributed by atoms with E-state index in [1.165, 1.54) is 18.4 Å². The van der Waals surface area contributed by atoms with E-state index in [9.17, 15) is 9.59 Å². The molecule has 3 aromatic carbocycles. The van der Waals surface area contributed by atoms with Gasteiger partial charge in [0, 0.05) is 21.5 Å². The third kappa shape index (κ3) is 7.56. The van der Waals surface area contributed by atoms with Crippen LogP contribution >= 0.6 is 0 Å². The molecule has 2 saturated carbocycles. The number of fused-ring (bicyclic) bond motifs is 2. The number of hydrogen-bond acceptors (Lipinski definition) is 6. The molecule has 0 bridgehead atoms. The highest BCUT2D eigenvalue weighted by atomic mass is 16.6. The van der Waals surface area contributed by atoms with E-state index < -0.39 is 0 Å². The molecule has 42 heavy (non-hydrogen) atoms. The quantitative estimate of drug-likeness (QED) is 0.169. The normalized spacial score (nSPS) is 18.0. The predicted molar refractivity (Wildman–Crippen MR) is 166 cm³/mol. The van der Waals surface area contributed by atoms with Crippen LogP contribution in [0.5, 0.6) is 11.5 Å². The zero-order chi connectivity index (χ0) is 29.5. The minimum atomic E-state index is -0.363. The topological polar surface area (TPSA) is 71.1 Å². The fourth-order valence-electron chi connectivity index (χ4n) is 6.41. The molecule has 0 heterocycles. The maximum absolute atomic E-state index is 12.8. The van der Waals surface area contributed by atoms with Gasteiger partial charge in [-0.2, -0.15) is 0 Å². The summed E-state index contributed by atoms with van der Waals surface area (Å²) in [6.45, 7) is 5.98. The molecule has 5 rings (SSSR count). The molecule has 6 heteroatoms. The lowest BCUT2D eigenvalue weighted by Gasteiger charge is -2.25. The fourth-order valence-corrected chi connectivity index (χ4v) is 6.41. The summed E-state index contributed by atoms with van der Waals surface area (Å²) < 4.78 is 24.7. The first-order valence-electron chi connectivity index (χ1n) is 16.1. The molecule has 0 aromatic heterocycles. The Hall–Kier alpha value is -3.28. The van der Waals surface area contributed by atoms with Crippen LogP contribution in [0.3, 0.4) is 0 Å². The molecule has 0 radical (unpaired) electrons. The van der Waals surface area contributed by atoms with Gasteiger partial charge in [0.1, 0.15) is 35.9 Å². The SMILES string of the molecule is CCc1ccc2c(OC(C)CC(=O)OC3CCCCC3)c3ccccc3c(OC(C)CC(=O)OC3CCCCC3)c2c1. The maximum Gasteiger partial charge on any atom is 0.309 e. The first-order valence-corrected chi connectivity index (χ1v) is 16.1. The maximum atomic E-state index is 12.8. The van der Waals surface area contributed by atoms with Crippen LogP contribution in [-0.2, 0) is 25.5 Å². The van der Waals surface area contributed by atoms with Crippen LogP contribution in [0.4, 0.5) is 0 Å². The predicted octanol–water partition coefficient (Wildman–Crippen LogP) is 8.62. The molecule has 0 amide bonds. The van der Waals surface area contributed by atoms with Crippen LogP contribution in [-0.4, -0.2) is 36.4 Å². The Morgan fingerprint density at radius 1 is 0.667 bits per heavy atom. The van der Waals surface area contributed by atoms with Crippen LogP contribution in [0.25, 0.3) is 21.5 Å². The van der Waals surface area contributed by atoms with Crippen molar-refractivity contribution in [1.29, 1.82) is 0 Å². The second-order valence-corrected chi connectivity index (χ2v) is 12.2. The van der Waals surface area contributed by atoms with E-state index in [2.05, 4.69) is 25.1 Å². The monoisotopic (exact) mass is 574 g/mol. The molecule has 2 aliphatic rings. The lowest BCUT2D eigenvalue weighted by atomic mass is 9.97. The summed E-state index contributed by atoms with van der Waals surface area (Å²) in [6, 6.07) is 14.4. The highest BCUT2D eigenvalue weighted by molar-refractivity contribution is 6.11. The smallest absolute Gasteiger partial charge is 0.309 e. The van der Waals surface area contributed by atoms with E-state index >= 15 is 0 Å². The molecule has 0 spiro atoms. The largest absolute Gasteiger partial charge is 0.489 e. The molecule has 3 aromatic rings. The number of carbonyl (C=O) groups is 2. The van der Waals surface area contributed by atoms with Crippen molar-refractivity contribution in [1.82, 2.24) is 0 Å². The van der Waals surface area contributed by atoms with Crippen molar-refractivity contribution in [2.24, 2.45) is 0 Å². The van der Waals surface area contributed by atoms with Crippen LogP contribution in [0.1, 0.15) is 103 Å². The Morgan fingerprint density at radius 3 is 1.60 bits per heavy atom. The fraction of sp³-hybridized carbons (Fsp3) is 0.556. The second-order valence-electron chi connectivity index (χ2n) is 12.2. The van der Waals surface area contributed by atoms with E-state index in [1.807, 2.05) is 38.1 Å². The van der Waals surface area contributed by atoms with Gasteiger partial charge in [0.05, 0.1) is 12.8 Å². The zero-order valence-corrected chi connectivity index (χ0v) is 25.5. The third-order valence-corrected chi connectivity index (χ3v) is 8.64. The van der Waals surface area contributed by atoms with Gasteiger partial charge in [0.25, 0.3) is 0 Å². The van der Waals surface area contributed by atoms with E-state index in [-0.39, 0.29) is 49.2 Å². The van der Waals surface area contributed by atoms with Crippen molar-refractivity contribution in [3.05, 3.63) is 48.0 Å². The number of benzene rings is 3. The molecular formula is C36H46O6. The van der Waals surface area contributed by atoms with E-state index in [0.29, 0.717) is 0 Å². The lowest BCUT2D eigenvalue weighted by Crippen LogP contribution is -2.25. The number of rotatable bonds is 11. The Balaban J connectivity index is 1.39. The van der Waals surface area contributed by atoms with Crippen molar-refractivity contribution in [2.75, 3.05) is 0 Å². The Labute approximate surface area is 250 Å². The average molecular weight is 575 g/mol. The van der Waals surface area contributed by atoms with E-state index in [1.54, 1.807) is 0 Å². The summed E-state index contributed by atoms with van der Waals surface area (Å²) in [6.07, 6.45) is 11.3. The minimum absolute atomic E-state index is 0.0330. The molecule has 2 aliphatic carbocycles. The number of hydrogen-bond donors (Lipinski definition) is 0. The van der Waals surface area contributed by atoms with Gasteiger partial charge in [-0.3, -0.25) is 9.59 Å². The van der Waals surface area contributed by atoms with Gasteiger partial charge in [-0.1, -0.05) is 56.2 Å². The molecule has 2 fully saturated rings. The Morgan fingerprint density at radius 2 is 1.12 bits per heavy atom. The van der Waals surface area contributed by atoms with E-state index in [4.69, 9.17) is 18.9 Å². The van der Waals surface area contributed by atoms with Gasteiger partial charge in [-0.05, 0) is 83.3 Å². The Kier molecular flexibility index (Phi) is 10.2. The molecule has 0 aliphatic heterocycles. The summed E-state index contributed by atoms with van der Waals surface area (Å²) >= 11 is 0. The summed E-state index contributed by atoms with van der Waals surface area (Å²) in [4.78, 5) is 25.5. The highest BCUT2D eigenvalue weighted by Gasteiger charge is 2.24. The Bertz CT molecular complexity index is 1370. The van der Waals surface area contributed by atoms with Crippen molar-refractivity contribution < 1.29 is 28.5 Å². The van der Waals surface area contributed by atoms with Gasteiger partial charge in [0.2, 0.25) is 0 Å². The number of aryl methyl sites for hydroxylation is 1. The van der Waals surface area contributed by atoms with Gasteiger partial charge < -0.3 is 18.9 Å². The molecule has 0 saturated heterocycles. The van der Waals surface area contributed by atoms with Gasteiger partial charge in [-0.15, -0.1) is 0 Å². The van der Waals surface area contributed by atoms with Crippen LogP contribution in [0.15, 0.2) is 42.5 Å². The first-order chi connectivity index (χ1) is 20.4. The molecule has 6 nitrogen and oxygen atoms in total. The molecular weight excluding hydrogens is 528 g/mol. The molecule has 2 unspecified atom stereocenters. The summed E-state index contributed by atoms with van der Waals surface area (Å²) in [7, 11) is 0. The van der Waals surface area contributed by atoms with Gasteiger partial charge in [-0.25, -0.2) is 0 Å². The van der Waals surface area contributed by atoms with Crippen molar-refractivity contribution in [3.8, 4) is 11.5 Å². The van der Waals surface area contributed by atoms with Crippen LogP contribution in [0.2, 0.25) is 0 Å². The number of esters is 2. The highest BCUT2D eigenvalue weighted by Crippen LogP contribution is 2.44. The molecule has 226 valence electrons. The van der Waals surface area contributed by atoms with Gasteiger partial charge >= 0.3 is 11.9 Å². The number of ether oxygens (including phenoxy) is 4. The molecule has 0 N–H and O–H groups in total. The average Bonchev–Trinajstić information content (AvgIpc) is 2.99. The van der Waals surface area contributed by atoms with Crippen molar-refractivity contribution >= 4 is 33.5 Å². The minimum Gasteiger partial charge on any atom is -0.489 e. The number of carbonyl (C=O) groups excluding carboxylic acids is 2. The summed E-state index contributed by atoms with van der Waals surface area (Å²) in [5, 5.41) is 3.68.